The summed E-state index contributed by atoms with van der Waals surface area (Å²) in [5, 5.41) is 5.25. The minimum atomic E-state index is -0.314. The number of allylic oxidation sites excluding steroid dienone is 2. The van der Waals surface area contributed by atoms with E-state index in [9.17, 15) is 14.0 Å². The SMILES string of the molecule is COc1cc(C=NN2C(=O)[C@@H]3[C@H](C2=O)[C@H]2C=C[C@H]3C2)c(Br)c(Br)c1OCc1ccc(F)cc1. The molecule has 2 aliphatic carbocycles. The molecule has 2 bridgehead atoms. The lowest BCUT2D eigenvalue weighted by molar-refractivity contribution is -0.140. The Morgan fingerprint density at radius 2 is 1.73 bits per heavy atom. The summed E-state index contributed by atoms with van der Waals surface area (Å²) in [6, 6.07) is 7.74. The minimum absolute atomic E-state index is 0.134. The average Bonchev–Trinajstić information content (AvgIpc) is 3.49. The Labute approximate surface area is 206 Å². The Balaban J connectivity index is 1.37. The topological polar surface area (TPSA) is 68.2 Å². The molecule has 0 aromatic heterocycles. The van der Waals surface area contributed by atoms with Crippen molar-refractivity contribution in [3.63, 3.8) is 0 Å². The number of amides is 2. The lowest BCUT2D eigenvalue weighted by atomic mass is 9.85. The summed E-state index contributed by atoms with van der Waals surface area (Å²) in [6.45, 7) is 0.213. The van der Waals surface area contributed by atoms with Crippen LogP contribution in [0, 0.1) is 29.5 Å². The normalized spacial score (nSPS) is 25.4. The molecule has 6 nitrogen and oxygen atoms in total. The van der Waals surface area contributed by atoms with Crippen molar-refractivity contribution in [1.29, 1.82) is 0 Å². The van der Waals surface area contributed by atoms with Crippen molar-refractivity contribution in [2.75, 3.05) is 7.11 Å². The van der Waals surface area contributed by atoms with Gasteiger partial charge in [0.2, 0.25) is 0 Å². The van der Waals surface area contributed by atoms with E-state index in [-0.39, 0.29) is 47.9 Å². The third kappa shape index (κ3) is 3.81. The van der Waals surface area contributed by atoms with Crippen LogP contribution in [0.5, 0.6) is 11.5 Å². The van der Waals surface area contributed by atoms with Gasteiger partial charge in [0.1, 0.15) is 12.4 Å². The fraction of sp³-hybridized carbons (Fsp3) is 0.292. The number of carbonyl (C=O) groups excluding carboxylic acids is 2. The predicted octanol–water partition coefficient (Wildman–Crippen LogP) is 5.08. The van der Waals surface area contributed by atoms with Crippen LogP contribution in [0.15, 0.2) is 56.5 Å². The highest BCUT2D eigenvalue weighted by atomic mass is 79.9. The minimum Gasteiger partial charge on any atom is -0.493 e. The summed E-state index contributed by atoms with van der Waals surface area (Å²) in [5.74, 6) is -0.216. The smallest absolute Gasteiger partial charge is 0.254 e. The van der Waals surface area contributed by atoms with Crippen molar-refractivity contribution in [3.8, 4) is 11.5 Å². The van der Waals surface area contributed by atoms with E-state index >= 15 is 0 Å². The quantitative estimate of drug-likeness (QED) is 0.273. The van der Waals surface area contributed by atoms with Gasteiger partial charge in [-0.2, -0.15) is 10.1 Å². The molecule has 0 spiro atoms. The van der Waals surface area contributed by atoms with Crippen LogP contribution in [-0.2, 0) is 16.2 Å². The van der Waals surface area contributed by atoms with Crippen LogP contribution in [0.3, 0.4) is 0 Å². The number of nitrogens with zero attached hydrogens (tertiary/aromatic N) is 2. The van der Waals surface area contributed by atoms with Crippen LogP contribution >= 0.6 is 31.9 Å². The second-order valence-corrected chi connectivity index (χ2v) is 9.86. The first kappa shape index (κ1) is 22.3. The van der Waals surface area contributed by atoms with E-state index in [0.29, 0.717) is 26.0 Å². The molecule has 0 N–H and O–H groups in total. The van der Waals surface area contributed by atoms with Gasteiger partial charge in [0.05, 0.1) is 29.6 Å². The first-order valence-electron chi connectivity index (χ1n) is 10.4. The maximum absolute atomic E-state index is 13.1. The van der Waals surface area contributed by atoms with Gasteiger partial charge in [-0.15, -0.1) is 0 Å². The summed E-state index contributed by atoms with van der Waals surface area (Å²) < 4.78 is 25.8. The summed E-state index contributed by atoms with van der Waals surface area (Å²) in [4.78, 5) is 25.7. The first-order valence-corrected chi connectivity index (χ1v) is 12.0. The molecule has 3 aliphatic rings. The lowest BCUT2D eigenvalue weighted by Gasteiger charge is -2.16. The van der Waals surface area contributed by atoms with Gasteiger partial charge in [0.25, 0.3) is 11.8 Å². The van der Waals surface area contributed by atoms with E-state index in [1.807, 2.05) is 12.2 Å². The van der Waals surface area contributed by atoms with Crippen molar-refractivity contribution in [2.45, 2.75) is 13.0 Å². The number of hydrazone groups is 1. The highest BCUT2D eigenvalue weighted by molar-refractivity contribution is 9.13. The van der Waals surface area contributed by atoms with Crippen molar-refractivity contribution >= 4 is 49.9 Å². The van der Waals surface area contributed by atoms with Gasteiger partial charge >= 0.3 is 0 Å². The number of hydrogen-bond donors (Lipinski definition) is 0. The Morgan fingerprint density at radius 3 is 2.33 bits per heavy atom. The van der Waals surface area contributed by atoms with Gasteiger partial charge in [0, 0.05) is 10.0 Å². The van der Waals surface area contributed by atoms with E-state index in [2.05, 4.69) is 37.0 Å². The van der Waals surface area contributed by atoms with Gasteiger partial charge in [0.15, 0.2) is 11.5 Å². The molecule has 9 heteroatoms. The van der Waals surface area contributed by atoms with Crippen molar-refractivity contribution < 1.29 is 23.5 Å². The van der Waals surface area contributed by atoms with Crippen molar-refractivity contribution in [3.05, 3.63) is 68.4 Å². The highest BCUT2D eigenvalue weighted by Gasteiger charge is 2.59. The van der Waals surface area contributed by atoms with Crippen LogP contribution in [0.2, 0.25) is 0 Å². The van der Waals surface area contributed by atoms with Crippen molar-refractivity contribution in [1.82, 2.24) is 5.01 Å². The fourth-order valence-electron chi connectivity index (χ4n) is 4.84. The Bertz CT molecular complexity index is 1170. The zero-order valence-electron chi connectivity index (χ0n) is 17.5. The number of hydrogen-bond acceptors (Lipinski definition) is 5. The predicted molar refractivity (Wildman–Crippen MR) is 126 cm³/mol. The maximum Gasteiger partial charge on any atom is 0.254 e. The number of halogens is 3. The zero-order valence-corrected chi connectivity index (χ0v) is 20.7. The summed E-state index contributed by atoms with van der Waals surface area (Å²) in [5.41, 5.74) is 1.40. The van der Waals surface area contributed by atoms with E-state index in [0.717, 1.165) is 17.0 Å². The Kier molecular flexibility index (Phi) is 5.86. The van der Waals surface area contributed by atoms with E-state index in [1.54, 1.807) is 18.2 Å². The number of imide groups is 1. The molecule has 2 aromatic carbocycles. The van der Waals surface area contributed by atoms with Crippen LogP contribution in [0.25, 0.3) is 0 Å². The Morgan fingerprint density at radius 1 is 1.09 bits per heavy atom. The maximum atomic E-state index is 13.1. The zero-order chi connectivity index (χ0) is 23.3. The van der Waals surface area contributed by atoms with Gasteiger partial charge in [-0.25, -0.2) is 4.39 Å². The van der Waals surface area contributed by atoms with Crippen LogP contribution in [0.1, 0.15) is 17.5 Å². The molecular weight excluding hydrogens is 559 g/mol. The van der Waals surface area contributed by atoms with Gasteiger partial charge in [-0.3, -0.25) is 9.59 Å². The molecule has 33 heavy (non-hydrogen) atoms. The molecule has 2 fully saturated rings. The summed E-state index contributed by atoms with van der Waals surface area (Å²) in [6.07, 6.45) is 6.44. The van der Waals surface area contributed by atoms with Gasteiger partial charge in [-0.05, 0) is 73.9 Å². The van der Waals surface area contributed by atoms with E-state index in [1.165, 1.54) is 25.5 Å². The number of ether oxygens (including phenoxy) is 2. The largest absolute Gasteiger partial charge is 0.493 e. The molecule has 0 radical (unpaired) electrons. The molecule has 2 amide bonds. The van der Waals surface area contributed by atoms with Crippen LogP contribution in [0.4, 0.5) is 4.39 Å². The lowest BCUT2D eigenvalue weighted by Crippen LogP contribution is -2.28. The van der Waals surface area contributed by atoms with Crippen LogP contribution in [-0.4, -0.2) is 30.1 Å². The second-order valence-electron chi connectivity index (χ2n) is 8.27. The Hall–Kier alpha value is -2.52. The molecule has 1 aliphatic heterocycles. The molecule has 1 saturated heterocycles. The number of rotatable bonds is 6. The molecule has 170 valence electrons. The van der Waals surface area contributed by atoms with Crippen molar-refractivity contribution in [2.24, 2.45) is 28.8 Å². The molecule has 4 atom stereocenters. The molecule has 1 saturated carbocycles. The summed E-state index contributed by atoms with van der Waals surface area (Å²) >= 11 is 7.05. The van der Waals surface area contributed by atoms with E-state index in [4.69, 9.17) is 9.47 Å². The molecular formula is C24H19Br2FN2O4. The third-order valence-corrected chi connectivity index (χ3v) is 8.57. The van der Waals surface area contributed by atoms with E-state index < -0.39 is 0 Å². The number of carbonyl (C=O) groups is 2. The summed E-state index contributed by atoms with van der Waals surface area (Å²) in [7, 11) is 1.51. The monoisotopic (exact) mass is 576 g/mol. The standard InChI is InChI=1S/C24H19Br2FN2O4/c1-32-17-9-15(20(25)21(26)22(17)33-11-12-2-6-16(27)7-3-12)10-28-29-23(30)18-13-4-5-14(8-13)19(18)24(29)31/h2-7,9-10,13-14,18-19H,8,11H2,1H3/t13-,14-,18-,19+/m0/s1. The average molecular weight is 578 g/mol. The van der Waals surface area contributed by atoms with Crippen LogP contribution < -0.4 is 9.47 Å². The number of methoxy groups -OCH3 is 1. The molecule has 1 heterocycles. The second kappa shape index (κ2) is 8.68. The van der Waals surface area contributed by atoms with Gasteiger partial charge < -0.3 is 9.47 Å². The number of fused-ring (bicyclic) bond motifs is 5. The molecule has 0 unspecified atom stereocenters. The van der Waals surface area contributed by atoms with Gasteiger partial charge in [-0.1, -0.05) is 24.3 Å². The first-order chi connectivity index (χ1) is 15.9. The number of benzene rings is 2. The molecule has 2 aromatic rings. The highest BCUT2D eigenvalue weighted by Crippen LogP contribution is 2.52. The third-order valence-electron chi connectivity index (χ3n) is 6.43. The molecule has 5 rings (SSSR count). The fourth-order valence-corrected chi connectivity index (χ4v) is 5.78.